The van der Waals surface area contributed by atoms with Crippen molar-refractivity contribution in [3.05, 3.63) is 58.8 Å². The van der Waals surface area contributed by atoms with Gasteiger partial charge in [0.05, 0.1) is 0 Å². The Morgan fingerprint density at radius 3 is 2.33 bits per heavy atom. The van der Waals surface area contributed by atoms with Crippen LogP contribution in [0.4, 0.5) is 15.8 Å². The molecule has 2 aromatic carbocycles. The van der Waals surface area contributed by atoms with E-state index in [1.54, 1.807) is 12.1 Å². The Labute approximate surface area is 96.1 Å². The van der Waals surface area contributed by atoms with Gasteiger partial charge < -0.3 is 5.32 Å². The first kappa shape index (κ1) is 10.2. The van der Waals surface area contributed by atoms with Crippen molar-refractivity contribution in [2.75, 3.05) is 5.32 Å². The van der Waals surface area contributed by atoms with Gasteiger partial charge in [0.15, 0.2) is 0 Å². The van der Waals surface area contributed by atoms with Crippen LogP contribution in [-0.2, 0) is 0 Å². The van der Waals surface area contributed by atoms with Crippen molar-refractivity contribution < 1.29 is 4.39 Å². The first-order valence-electron chi connectivity index (χ1n) is 4.52. The van der Waals surface area contributed by atoms with Crippen LogP contribution in [0.25, 0.3) is 0 Å². The lowest BCUT2D eigenvalue weighted by molar-refractivity contribution is 0.628. The zero-order valence-corrected chi connectivity index (χ0v) is 9.46. The molecule has 1 N–H and O–H groups in total. The molecule has 0 aliphatic carbocycles. The van der Waals surface area contributed by atoms with Crippen molar-refractivity contribution in [1.82, 2.24) is 0 Å². The SMILES string of the molecule is Fc1ccc(Nc2cccc(Br)c2)cc1. The van der Waals surface area contributed by atoms with E-state index in [0.717, 1.165) is 15.8 Å². The first-order valence-corrected chi connectivity index (χ1v) is 5.31. The minimum absolute atomic E-state index is 0.227. The van der Waals surface area contributed by atoms with Gasteiger partial charge in [-0.15, -0.1) is 0 Å². The fourth-order valence-electron chi connectivity index (χ4n) is 1.27. The molecule has 0 fully saturated rings. The summed E-state index contributed by atoms with van der Waals surface area (Å²) in [5.41, 5.74) is 1.84. The average molecular weight is 266 g/mol. The molecule has 0 bridgehead atoms. The summed E-state index contributed by atoms with van der Waals surface area (Å²) in [6.07, 6.45) is 0. The lowest BCUT2D eigenvalue weighted by Crippen LogP contribution is -1.89. The maximum Gasteiger partial charge on any atom is 0.123 e. The highest BCUT2D eigenvalue weighted by Crippen LogP contribution is 2.20. The minimum atomic E-state index is -0.227. The number of hydrogen-bond acceptors (Lipinski definition) is 1. The lowest BCUT2D eigenvalue weighted by Gasteiger charge is -2.06. The van der Waals surface area contributed by atoms with E-state index in [9.17, 15) is 4.39 Å². The maximum atomic E-state index is 12.7. The van der Waals surface area contributed by atoms with Crippen LogP contribution in [0.5, 0.6) is 0 Å². The smallest absolute Gasteiger partial charge is 0.123 e. The summed E-state index contributed by atoms with van der Waals surface area (Å²) in [7, 11) is 0. The van der Waals surface area contributed by atoms with Crippen molar-refractivity contribution in [3.63, 3.8) is 0 Å². The van der Waals surface area contributed by atoms with E-state index in [4.69, 9.17) is 0 Å². The summed E-state index contributed by atoms with van der Waals surface area (Å²) in [4.78, 5) is 0. The zero-order chi connectivity index (χ0) is 10.7. The van der Waals surface area contributed by atoms with Gasteiger partial charge in [0.2, 0.25) is 0 Å². The topological polar surface area (TPSA) is 12.0 Å². The van der Waals surface area contributed by atoms with Gasteiger partial charge in [0, 0.05) is 15.8 Å². The van der Waals surface area contributed by atoms with Gasteiger partial charge in [0.25, 0.3) is 0 Å². The molecule has 0 aliphatic heterocycles. The molecule has 0 saturated heterocycles. The van der Waals surface area contributed by atoms with E-state index < -0.39 is 0 Å². The lowest BCUT2D eigenvalue weighted by atomic mass is 10.2. The molecule has 3 heteroatoms. The molecule has 0 atom stereocenters. The van der Waals surface area contributed by atoms with Gasteiger partial charge in [-0.25, -0.2) is 4.39 Å². The monoisotopic (exact) mass is 265 g/mol. The third-order valence-corrected chi connectivity index (χ3v) is 2.45. The Hall–Kier alpha value is -1.35. The number of anilines is 2. The second-order valence-corrected chi connectivity index (χ2v) is 4.06. The fourth-order valence-corrected chi connectivity index (χ4v) is 1.67. The molecule has 0 aromatic heterocycles. The molecule has 0 unspecified atom stereocenters. The number of hydrogen-bond donors (Lipinski definition) is 1. The van der Waals surface area contributed by atoms with Gasteiger partial charge in [-0.2, -0.15) is 0 Å². The highest BCUT2D eigenvalue weighted by molar-refractivity contribution is 9.10. The van der Waals surface area contributed by atoms with Crippen molar-refractivity contribution in [2.45, 2.75) is 0 Å². The quantitative estimate of drug-likeness (QED) is 0.852. The van der Waals surface area contributed by atoms with Gasteiger partial charge in [0.1, 0.15) is 5.82 Å². The van der Waals surface area contributed by atoms with Crippen molar-refractivity contribution in [2.24, 2.45) is 0 Å². The summed E-state index contributed by atoms with van der Waals surface area (Å²) < 4.78 is 13.7. The molecule has 0 heterocycles. The number of nitrogens with one attached hydrogen (secondary N) is 1. The minimum Gasteiger partial charge on any atom is -0.355 e. The Bertz CT molecular complexity index is 453. The number of rotatable bonds is 2. The highest BCUT2D eigenvalue weighted by Gasteiger charge is 1.95. The Balaban J connectivity index is 2.18. The van der Waals surface area contributed by atoms with Crippen molar-refractivity contribution in [1.29, 1.82) is 0 Å². The van der Waals surface area contributed by atoms with Crippen LogP contribution in [-0.4, -0.2) is 0 Å². The molecule has 0 aliphatic rings. The molecule has 0 spiro atoms. The molecule has 0 saturated carbocycles. The molecule has 0 radical (unpaired) electrons. The molecular formula is C12H9BrFN. The van der Waals surface area contributed by atoms with E-state index in [-0.39, 0.29) is 5.82 Å². The fraction of sp³-hybridized carbons (Fsp3) is 0. The van der Waals surface area contributed by atoms with E-state index in [1.165, 1.54) is 12.1 Å². The standard InChI is InChI=1S/C12H9BrFN/c13-9-2-1-3-12(8-9)15-11-6-4-10(14)5-7-11/h1-8,15H. The van der Waals surface area contributed by atoms with E-state index in [1.807, 2.05) is 24.3 Å². The summed E-state index contributed by atoms with van der Waals surface area (Å²) in [6, 6.07) is 14.1. The van der Waals surface area contributed by atoms with Gasteiger partial charge >= 0.3 is 0 Å². The maximum absolute atomic E-state index is 12.7. The third kappa shape index (κ3) is 2.80. The Morgan fingerprint density at radius 1 is 0.933 bits per heavy atom. The molecule has 15 heavy (non-hydrogen) atoms. The molecule has 0 amide bonds. The van der Waals surface area contributed by atoms with E-state index in [0.29, 0.717) is 0 Å². The van der Waals surface area contributed by atoms with Crippen LogP contribution >= 0.6 is 15.9 Å². The number of benzene rings is 2. The van der Waals surface area contributed by atoms with Crippen LogP contribution in [0.1, 0.15) is 0 Å². The van der Waals surface area contributed by atoms with Crippen molar-refractivity contribution in [3.8, 4) is 0 Å². The number of halogens is 2. The largest absolute Gasteiger partial charge is 0.355 e. The first-order chi connectivity index (χ1) is 7.24. The molecule has 1 nitrogen and oxygen atoms in total. The Morgan fingerprint density at radius 2 is 1.67 bits per heavy atom. The molecule has 2 rings (SSSR count). The predicted octanol–water partition coefficient (Wildman–Crippen LogP) is 4.33. The van der Waals surface area contributed by atoms with Crippen LogP contribution < -0.4 is 5.32 Å². The van der Waals surface area contributed by atoms with E-state index in [2.05, 4.69) is 21.2 Å². The van der Waals surface area contributed by atoms with Gasteiger partial charge in [-0.3, -0.25) is 0 Å². The second kappa shape index (κ2) is 4.45. The average Bonchev–Trinajstić information content (AvgIpc) is 2.22. The molecular weight excluding hydrogens is 257 g/mol. The summed E-state index contributed by atoms with van der Waals surface area (Å²) in [5, 5.41) is 3.18. The van der Waals surface area contributed by atoms with Crippen LogP contribution in [0.3, 0.4) is 0 Å². The third-order valence-electron chi connectivity index (χ3n) is 1.96. The molecule has 76 valence electrons. The summed E-state index contributed by atoms with van der Waals surface area (Å²) in [5.74, 6) is -0.227. The van der Waals surface area contributed by atoms with Gasteiger partial charge in [-0.1, -0.05) is 22.0 Å². The molecule has 2 aromatic rings. The van der Waals surface area contributed by atoms with Crippen molar-refractivity contribution >= 4 is 27.3 Å². The second-order valence-electron chi connectivity index (χ2n) is 3.14. The van der Waals surface area contributed by atoms with Crippen LogP contribution in [0.15, 0.2) is 53.0 Å². The summed E-state index contributed by atoms with van der Waals surface area (Å²) in [6.45, 7) is 0. The van der Waals surface area contributed by atoms with E-state index >= 15 is 0 Å². The summed E-state index contributed by atoms with van der Waals surface area (Å²) >= 11 is 3.39. The Kier molecular flexibility index (Phi) is 3.02. The predicted molar refractivity (Wildman–Crippen MR) is 63.8 cm³/mol. The normalized spacial score (nSPS) is 10.0. The van der Waals surface area contributed by atoms with Crippen LogP contribution in [0.2, 0.25) is 0 Å². The van der Waals surface area contributed by atoms with Crippen LogP contribution in [0, 0.1) is 5.82 Å². The highest BCUT2D eigenvalue weighted by atomic mass is 79.9. The zero-order valence-electron chi connectivity index (χ0n) is 7.87. The van der Waals surface area contributed by atoms with Gasteiger partial charge in [-0.05, 0) is 42.5 Å².